The third-order valence-electron chi connectivity index (χ3n) is 3.24. The van der Waals surface area contributed by atoms with Gasteiger partial charge < -0.3 is 9.64 Å². The van der Waals surface area contributed by atoms with Crippen LogP contribution in [-0.4, -0.2) is 56.0 Å². The predicted molar refractivity (Wildman–Crippen MR) is 87.7 cm³/mol. The van der Waals surface area contributed by atoms with E-state index in [-0.39, 0.29) is 5.91 Å². The van der Waals surface area contributed by atoms with Crippen molar-refractivity contribution < 1.29 is 17.9 Å². The highest BCUT2D eigenvalue weighted by atomic mass is 79.9. The normalized spacial score (nSPS) is 19.4. The molecule has 0 aliphatic carbocycles. The van der Waals surface area contributed by atoms with Crippen LogP contribution in [0.15, 0.2) is 22.7 Å². The number of hydrogen-bond acceptors (Lipinski definition) is 5. The molecule has 0 aromatic heterocycles. The van der Waals surface area contributed by atoms with Gasteiger partial charge in [-0.15, -0.1) is 0 Å². The smallest absolute Gasteiger partial charge is 0.256 e. The molecule has 0 saturated carbocycles. The summed E-state index contributed by atoms with van der Waals surface area (Å²) < 4.78 is 29.5. The molecule has 21 heavy (non-hydrogen) atoms. The summed E-state index contributed by atoms with van der Waals surface area (Å²) in [5, 5.41) is -0.776. The van der Waals surface area contributed by atoms with Crippen LogP contribution < -0.4 is 4.74 Å². The minimum Gasteiger partial charge on any atom is -0.497 e. The molecular formula is C13H16BrNO4S2. The molecule has 0 radical (unpaired) electrons. The second-order valence-corrected chi connectivity index (χ2v) is 8.91. The Morgan fingerprint density at radius 3 is 2.81 bits per heavy atom. The second-order valence-electron chi connectivity index (χ2n) is 4.70. The van der Waals surface area contributed by atoms with Crippen molar-refractivity contribution in [2.75, 3.05) is 31.4 Å². The van der Waals surface area contributed by atoms with Gasteiger partial charge in [-0.25, -0.2) is 8.42 Å². The van der Waals surface area contributed by atoms with Crippen molar-refractivity contribution in [3.63, 3.8) is 0 Å². The van der Waals surface area contributed by atoms with Crippen LogP contribution in [0.2, 0.25) is 0 Å². The molecule has 1 heterocycles. The van der Waals surface area contributed by atoms with Gasteiger partial charge in [0, 0.05) is 28.8 Å². The highest BCUT2D eigenvalue weighted by molar-refractivity contribution is 9.10. The molecule has 0 spiro atoms. The van der Waals surface area contributed by atoms with E-state index in [2.05, 4.69) is 15.9 Å². The lowest BCUT2D eigenvalue weighted by molar-refractivity contribution is 0.0748. The maximum absolute atomic E-state index is 12.7. The summed E-state index contributed by atoms with van der Waals surface area (Å²) in [6.45, 7) is 0.422. The number of nitrogens with zero attached hydrogens (tertiary/aromatic N) is 1. The van der Waals surface area contributed by atoms with E-state index in [1.54, 1.807) is 30.0 Å². The molecule has 1 saturated heterocycles. The van der Waals surface area contributed by atoms with Crippen molar-refractivity contribution in [2.24, 2.45) is 0 Å². The van der Waals surface area contributed by atoms with Crippen molar-refractivity contribution in [1.29, 1.82) is 0 Å². The summed E-state index contributed by atoms with van der Waals surface area (Å²) in [4.78, 5) is 14.1. The van der Waals surface area contributed by atoms with Gasteiger partial charge in [0.1, 0.15) is 11.1 Å². The molecule has 1 aromatic rings. The number of halogens is 1. The van der Waals surface area contributed by atoms with Crippen molar-refractivity contribution in [1.82, 2.24) is 4.90 Å². The first-order valence-electron chi connectivity index (χ1n) is 6.25. The van der Waals surface area contributed by atoms with Gasteiger partial charge in [0.15, 0.2) is 9.84 Å². The Morgan fingerprint density at radius 1 is 1.48 bits per heavy atom. The molecule has 1 aromatic carbocycles. The van der Waals surface area contributed by atoms with E-state index in [9.17, 15) is 13.2 Å². The lowest BCUT2D eigenvalue weighted by Gasteiger charge is -2.34. The highest BCUT2D eigenvalue weighted by Gasteiger charge is 2.35. The standard InChI is InChI=1S/C13H16BrNO4S2/c1-19-9-3-4-11(14)10(7-9)13(16)15-5-6-20-8-12(15)21(2,17)18/h3-4,7,12H,5-6,8H2,1-2H3. The van der Waals surface area contributed by atoms with Crippen LogP contribution in [0, 0.1) is 0 Å². The fourth-order valence-corrected chi connectivity index (χ4v) is 5.35. The first-order chi connectivity index (χ1) is 9.84. The average Bonchev–Trinajstić information content (AvgIpc) is 2.46. The number of carbonyl (C=O) groups is 1. The zero-order chi connectivity index (χ0) is 15.6. The molecule has 1 atom stereocenters. The average molecular weight is 394 g/mol. The quantitative estimate of drug-likeness (QED) is 0.785. The number of methoxy groups -OCH3 is 1. The summed E-state index contributed by atoms with van der Waals surface area (Å²) >= 11 is 4.89. The van der Waals surface area contributed by atoms with Crippen molar-refractivity contribution in [3.8, 4) is 5.75 Å². The molecule has 1 amide bonds. The maximum Gasteiger partial charge on any atom is 0.256 e. The van der Waals surface area contributed by atoms with Gasteiger partial charge in [0.2, 0.25) is 0 Å². The summed E-state index contributed by atoms with van der Waals surface area (Å²) in [5.41, 5.74) is 0.412. The Balaban J connectivity index is 2.37. The first-order valence-corrected chi connectivity index (χ1v) is 10.2. The third-order valence-corrected chi connectivity index (χ3v) is 6.58. The first kappa shape index (κ1) is 16.6. The zero-order valence-electron chi connectivity index (χ0n) is 11.7. The van der Waals surface area contributed by atoms with Gasteiger partial charge in [0.05, 0.1) is 12.7 Å². The summed E-state index contributed by atoms with van der Waals surface area (Å²) in [5.74, 6) is 1.41. The number of carbonyl (C=O) groups excluding carboxylic acids is 1. The van der Waals surface area contributed by atoms with Gasteiger partial charge >= 0.3 is 0 Å². The largest absolute Gasteiger partial charge is 0.497 e. The minimum absolute atomic E-state index is 0.295. The fraction of sp³-hybridized carbons (Fsp3) is 0.462. The molecule has 1 unspecified atom stereocenters. The van der Waals surface area contributed by atoms with Gasteiger partial charge in [-0.2, -0.15) is 11.8 Å². The van der Waals surface area contributed by atoms with Crippen molar-refractivity contribution >= 4 is 43.4 Å². The molecule has 1 aliphatic heterocycles. The Labute approximate surface area is 137 Å². The molecule has 116 valence electrons. The maximum atomic E-state index is 12.7. The molecule has 2 rings (SSSR count). The minimum atomic E-state index is -3.32. The number of ether oxygens (including phenoxy) is 1. The van der Waals surface area contributed by atoms with Crippen LogP contribution in [-0.2, 0) is 9.84 Å². The van der Waals surface area contributed by atoms with Crippen LogP contribution in [0.5, 0.6) is 5.75 Å². The highest BCUT2D eigenvalue weighted by Crippen LogP contribution is 2.27. The van der Waals surface area contributed by atoms with Crippen molar-refractivity contribution in [2.45, 2.75) is 5.37 Å². The van der Waals surface area contributed by atoms with Gasteiger partial charge in [-0.05, 0) is 34.1 Å². The van der Waals surface area contributed by atoms with Crippen LogP contribution in [0.4, 0.5) is 0 Å². The molecule has 5 nitrogen and oxygen atoms in total. The third kappa shape index (κ3) is 3.73. The van der Waals surface area contributed by atoms with Crippen LogP contribution in [0.1, 0.15) is 10.4 Å². The predicted octanol–water partition coefficient (Wildman–Crippen LogP) is 2.02. The number of amides is 1. The lowest BCUT2D eigenvalue weighted by Crippen LogP contribution is -2.50. The van der Waals surface area contributed by atoms with Crippen LogP contribution in [0.3, 0.4) is 0 Å². The Bertz CT molecular complexity index is 648. The number of rotatable bonds is 3. The number of thioether (sulfide) groups is 1. The van der Waals surface area contributed by atoms with Gasteiger partial charge in [-0.1, -0.05) is 0 Å². The zero-order valence-corrected chi connectivity index (χ0v) is 14.9. The summed E-state index contributed by atoms with van der Waals surface area (Å²) in [6.07, 6.45) is 1.17. The molecule has 1 aliphatic rings. The molecule has 8 heteroatoms. The number of hydrogen-bond donors (Lipinski definition) is 0. The molecular weight excluding hydrogens is 378 g/mol. The second kappa shape index (κ2) is 6.58. The SMILES string of the molecule is COc1ccc(Br)c(C(=O)N2CCSCC2S(C)(=O)=O)c1. The van der Waals surface area contributed by atoms with E-state index in [0.29, 0.717) is 28.1 Å². The van der Waals surface area contributed by atoms with E-state index in [0.717, 1.165) is 5.75 Å². The van der Waals surface area contributed by atoms with Gasteiger partial charge in [-0.3, -0.25) is 4.79 Å². The van der Waals surface area contributed by atoms with Crippen molar-refractivity contribution in [3.05, 3.63) is 28.2 Å². The van der Waals surface area contributed by atoms with E-state index in [1.165, 1.54) is 18.3 Å². The summed E-state index contributed by atoms with van der Waals surface area (Å²) in [7, 11) is -1.80. The van der Waals surface area contributed by atoms with E-state index in [4.69, 9.17) is 4.74 Å². The molecule has 0 N–H and O–H groups in total. The molecule has 1 fully saturated rings. The van der Waals surface area contributed by atoms with E-state index >= 15 is 0 Å². The Kier molecular flexibility index (Phi) is 5.21. The number of sulfone groups is 1. The molecule has 0 bridgehead atoms. The lowest BCUT2D eigenvalue weighted by atomic mass is 10.2. The summed E-state index contributed by atoms with van der Waals surface area (Å²) in [6, 6.07) is 5.08. The topological polar surface area (TPSA) is 63.7 Å². The number of benzene rings is 1. The van der Waals surface area contributed by atoms with E-state index < -0.39 is 15.2 Å². The monoisotopic (exact) mass is 393 g/mol. The van der Waals surface area contributed by atoms with Crippen LogP contribution in [0.25, 0.3) is 0 Å². The van der Waals surface area contributed by atoms with E-state index in [1.807, 2.05) is 0 Å². The fourth-order valence-electron chi connectivity index (χ4n) is 2.12. The van der Waals surface area contributed by atoms with Gasteiger partial charge in [0.25, 0.3) is 5.91 Å². The Morgan fingerprint density at radius 2 is 2.19 bits per heavy atom. The van der Waals surface area contributed by atoms with Crippen LogP contribution >= 0.6 is 27.7 Å². The Hall–Kier alpha value is -0.730.